The number of rotatable bonds is 9. The van der Waals surface area contributed by atoms with Crippen molar-refractivity contribution in [2.75, 3.05) is 6.61 Å². The molecule has 0 aliphatic rings. The average Bonchev–Trinajstić information content (AvgIpc) is 2.60. The summed E-state index contributed by atoms with van der Waals surface area (Å²) in [7, 11) is 0. The fourth-order valence-corrected chi connectivity index (χ4v) is 2.21. The lowest BCUT2D eigenvalue weighted by molar-refractivity contribution is 0.182. The van der Waals surface area contributed by atoms with Gasteiger partial charge in [-0.25, -0.2) is 9.97 Å². The first-order valence-electron chi connectivity index (χ1n) is 8.20. The number of aromatic nitrogens is 2. The predicted octanol–water partition coefficient (Wildman–Crippen LogP) is 4.27. The highest BCUT2D eigenvalue weighted by Gasteiger charge is 2.01. The van der Waals surface area contributed by atoms with Gasteiger partial charge in [0.25, 0.3) is 0 Å². The van der Waals surface area contributed by atoms with Gasteiger partial charge in [0.15, 0.2) is 0 Å². The Labute approximate surface area is 143 Å². The molecule has 1 heterocycles. The largest absolute Gasteiger partial charge is 0.459 e. The summed E-state index contributed by atoms with van der Waals surface area (Å²) in [5, 5.41) is 9.22. The summed E-state index contributed by atoms with van der Waals surface area (Å²) < 4.78 is 5.28. The molecule has 4 nitrogen and oxygen atoms in total. The fraction of sp³-hybridized carbons (Fsp3) is 0.300. The van der Waals surface area contributed by atoms with Crippen LogP contribution in [0.3, 0.4) is 0 Å². The van der Waals surface area contributed by atoms with Gasteiger partial charge >= 0.3 is 6.01 Å². The number of benzene rings is 1. The summed E-state index contributed by atoms with van der Waals surface area (Å²) >= 11 is 0. The minimum absolute atomic E-state index is 0.214. The van der Waals surface area contributed by atoms with E-state index in [2.05, 4.69) is 53.0 Å². The molecule has 0 radical (unpaired) electrons. The van der Waals surface area contributed by atoms with Gasteiger partial charge < -0.3 is 9.84 Å². The van der Waals surface area contributed by atoms with Crippen LogP contribution in [0.1, 0.15) is 31.7 Å². The van der Waals surface area contributed by atoms with Crippen molar-refractivity contribution in [3.05, 3.63) is 61.0 Å². The molecule has 2 aromatic rings. The van der Waals surface area contributed by atoms with Gasteiger partial charge in [-0.1, -0.05) is 49.1 Å². The highest BCUT2D eigenvalue weighted by atomic mass is 16.5. The molecule has 2 rings (SSSR count). The smallest absolute Gasteiger partial charge is 0.316 e. The van der Waals surface area contributed by atoms with Crippen molar-refractivity contribution in [2.45, 2.75) is 32.3 Å². The quantitative estimate of drug-likeness (QED) is 0.553. The molecule has 1 aromatic carbocycles. The maximum Gasteiger partial charge on any atom is 0.316 e. The van der Waals surface area contributed by atoms with E-state index in [1.54, 1.807) is 18.5 Å². The first-order valence-corrected chi connectivity index (χ1v) is 8.20. The number of nitrogens with zero attached hydrogens (tertiary/aromatic N) is 2. The Hall–Kier alpha value is -2.46. The monoisotopic (exact) mass is 324 g/mol. The van der Waals surface area contributed by atoms with Crippen LogP contribution in [0, 0.1) is 0 Å². The van der Waals surface area contributed by atoms with Crippen molar-refractivity contribution < 1.29 is 9.84 Å². The van der Waals surface area contributed by atoms with Gasteiger partial charge in [-0.05, 0) is 37.3 Å². The van der Waals surface area contributed by atoms with Crippen LogP contribution in [0.5, 0.6) is 6.01 Å². The van der Waals surface area contributed by atoms with Crippen LogP contribution >= 0.6 is 0 Å². The third kappa shape index (κ3) is 5.97. The number of aliphatic hydroxyl groups excluding tert-OH is 1. The van der Waals surface area contributed by atoms with Crippen LogP contribution in [0.4, 0.5) is 0 Å². The molecular formula is C20H24N2O2. The summed E-state index contributed by atoms with van der Waals surface area (Å²) in [5.74, 6) is 0. The molecule has 0 spiro atoms. The SMILES string of the molecule is C=CCOc1ncc(-c2ccc(C=CCCCC(C)O)cc2)cn1. The topological polar surface area (TPSA) is 55.2 Å². The Morgan fingerprint density at radius 1 is 1.17 bits per heavy atom. The molecule has 24 heavy (non-hydrogen) atoms. The van der Waals surface area contributed by atoms with Gasteiger partial charge in [0.2, 0.25) is 0 Å². The molecule has 126 valence electrons. The molecule has 1 N–H and O–H groups in total. The zero-order valence-electron chi connectivity index (χ0n) is 14.1. The molecule has 4 heteroatoms. The summed E-state index contributed by atoms with van der Waals surface area (Å²) in [4.78, 5) is 8.37. The lowest BCUT2D eigenvalue weighted by Crippen LogP contribution is -1.97. The second kappa shape index (κ2) is 9.63. The summed E-state index contributed by atoms with van der Waals surface area (Å²) in [6, 6.07) is 8.61. The van der Waals surface area contributed by atoms with E-state index in [1.807, 2.05) is 6.92 Å². The van der Waals surface area contributed by atoms with Crippen molar-refractivity contribution >= 4 is 6.08 Å². The molecule has 0 saturated carbocycles. The van der Waals surface area contributed by atoms with Crippen molar-refractivity contribution in [3.63, 3.8) is 0 Å². The van der Waals surface area contributed by atoms with Crippen LogP contribution in [0.25, 0.3) is 17.2 Å². The van der Waals surface area contributed by atoms with E-state index in [1.165, 1.54) is 0 Å². The van der Waals surface area contributed by atoms with Crippen molar-refractivity contribution in [3.8, 4) is 17.1 Å². The summed E-state index contributed by atoms with van der Waals surface area (Å²) in [6.45, 7) is 5.82. The zero-order valence-corrected chi connectivity index (χ0v) is 14.1. The van der Waals surface area contributed by atoms with Gasteiger partial charge in [-0.3, -0.25) is 0 Å². The van der Waals surface area contributed by atoms with Gasteiger partial charge in [0.1, 0.15) is 6.61 Å². The van der Waals surface area contributed by atoms with Crippen molar-refractivity contribution in [2.24, 2.45) is 0 Å². The molecule has 0 aliphatic heterocycles. The zero-order chi connectivity index (χ0) is 17.2. The Morgan fingerprint density at radius 3 is 2.50 bits per heavy atom. The molecule has 1 aromatic heterocycles. The molecule has 0 aliphatic carbocycles. The molecule has 1 unspecified atom stereocenters. The van der Waals surface area contributed by atoms with E-state index in [-0.39, 0.29) is 6.10 Å². The number of ether oxygens (including phenoxy) is 1. The Balaban J connectivity index is 1.91. The lowest BCUT2D eigenvalue weighted by Gasteiger charge is -2.04. The van der Waals surface area contributed by atoms with E-state index < -0.39 is 0 Å². The van der Waals surface area contributed by atoms with E-state index in [9.17, 15) is 5.11 Å². The van der Waals surface area contributed by atoms with E-state index in [0.717, 1.165) is 36.0 Å². The van der Waals surface area contributed by atoms with Crippen LogP contribution in [-0.2, 0) is 0 Å². The van der Waals surface area contributed by atoms with Gasteiger partial charge in [0.05, 0.1) is 6.10 Å². The van der Waals surface area contributed by atoms with E-state index in [0.29, 0.717) is 12.6 Å². The number of hydrogen-bond donors (Lipinski definition) is 1. The number of hydrogen-bond acceptors (Lipinski definition) is 4. The maximum absolute atomic E-state index is 9.22. The van der Waals surface area contributed by atoms with Crippen molar-refractivity contribution in [1.82, 2.24) is 9.97 Å². The minimum Gasteiger partial charge on any atom is -0.459 e. The lowest BCUT2D eigenvalue weighted by atomic mass is 10.1. The normalized spacial score (nSPS) is 12.2. The van der Waals surface area contributed by atoms with Crippen LogP contribution in [0.15, 0.2) is 55.4 Å². The molecule has 1 atom stereocenters. The Bertz CT molecular complexity index is 646. The van der Waals surface area contributed by atoms with Crippen LogP contribution in [0.2, 0.25) is 0 Å². The second-order valence-corrected chi connectivity index (χ2v) is 5.66. The van der Waals surface area contributed by atoms with Crippen LogP contribution in [-0.4, -0.2) is 27.8 Å². The minimum atomic E-state index is -0.214. The maximum atomic E-state index is 9.22. The van der Waals surface area contributed by atoms with Crippen LogP contribution < -0.4 is 4.74 Å². The van der Waals surface area contributed by atoms with Gasteiger partial charge in [-0.15, -0.1) is 0 Å². The number of allylic oxidation sites excluding steroid dienone is 1. The molecule has 0 saturated heterocycles. The molecule has 0 amide bonds. The van der Waals surface area contributed by atoms with E-state index in [4.69, 9.17) is 4.74 Å². The standard InChI is InChI=1S/C20H24N2O2/c1-3-13-24-20-21-14-19(15-22-20)18-11-9-17(10-12-18)8-6-4-5-7-16(2)23/h3,6,8-12,14-16,23H,1,4-5,7,13H2,2H3. The first kappa shape index (κ1) is 17.9. The molecule has 0 fully saturated rings. The van der Waals surface area contributed by atoms with Crippen molar-refractivity contribution in [1.29, 1.82) is 0 Å². The first-order chi connectivity index (χ1) is 11.7. The van der Waals surface area contributed by atoms with E-state index >= 15 is 0 Å². The average molecular weight is 324 g/mol. The summed E-state index contributed by atoms with van der Waals surface area (Å²) in [5.41, 5.74) is 3.17. The fourth-order valence-electron chi connectivity index (χ4n) is 2.21. The summed E-state index contributed by atoms with van der Waals surface area (Å²) in [6.07, 6.45) is 12.0. The van der Waals surface area contributed by atoms with Gasteiger partial charge in [0, 0.05) is 18.0 Å². The Kier molecular flexibility index (Phi) is 7.18. The highest BCUT2D eigenvalue weighted by molar-refractivity contribution is 5.64. The number of aliphatic hydroxyl groups is 1. The van der Waals surface area contributed by atoms with Gasteiger partial charge in [-0.2, -0.15) is 0 Å². The highest BCUT2D eigenvalue weighted by Crippen LogP contribution is 2.20. The molecule has 0 bridgehead atoms. The third-order valence-electron chi connectivity index (χ3n) is 3.51. The number of unbranched alkanes of at least 4 members (excludes halogenated alkanes) is 1. The molecular weight excluding hydrogens is 300 g/mol. The second-order valence-electron chi connectivity index (χ2n) is 5.66. The Morgan fingerprint density at radius 2 is 1.88 bits per heavy atom. The third-order valence-corrected chi connectivity index (χ3v) is 3.51. The predicted molar refractivity (Wildman–Crippen MR) is 97.7 cm³/mol.